The predicted molar refractivity (Wildman–Crippen MR) is 82.8 cm³/mol. The molecule has 0 bridgehead atoms. The average molecular weight is 296 g/mol. The summed E-state index contributed by atoms with van der Waals surface area (Å²) >= 11 is 0. The molecule has 2 amide bonds. The van der Waals surface area contributed by atoms with Crippen molar-refractivity contribution in [2.45, 2.75) is 13.0 Å². The molecule has 1 saturated heterocycles. The summed E-state index contributed by atoms with van der Waals surface area (Å²) in [6.45, 7) is 2.41. The number of cyclic esters (lactones) is 1. The molecule has 5 heteroatoms. The molecule has 2 aromatic rings. The number of carbonyl (C=O) groups is 2. The highest BCUT2D eigenvalue weighted by Gasteiger charge is 2.23. The van der Waals surface area contributed by atoms with Gasteiger partial charge in [-0.1, -0.05) is 29.8 Å². The van der Waals surface area contributed by atoms with Crippen LogP contribution >= 0.6 is 0 Å². The highest BCUT2D eigenvalue weighted by molar-refractivity contribution is 6.04. The van der Waals surface area contributed by atoms with Gasteiger partial charge in [0.1, 0.15) is 6.10 Å². The summed E-state index contributed by atoms with van der Waals surface area (Å²) < 4.78 is 5.11. The Kier molecular flexibility index (Phi) is 3.78. The number of aryl methyl sites for hydroxylation is 1. The number of ether oxygens (including phenoxy) is 1. The molecule has 0 saturated carbocycles. The lowest BCUT2D eigenvalue weighted by molar-refractivity contribution is 0.102. The maximum Gasteiger partial charge on any atom is 0.407 e. The first-order valence-corrected chi connectivity index (χ1v) is 7.04. The average Bonchev–Trinajstić information content (AvgIpc) is 2.94. The number of hydrogen-bond acceptors (Lipinski definition) is 3. The first-order chi connectivity index (χ1) is 10.6. The Morgan fingerprint density at radius 2 is 2.00 bits per heavy atom. The molecule has 0 aliphatic carbocycles. The Bertz CT molecular complexity index is 710. The minimum absolute atomic E-state index is 0.148. The molecular weight excluding hydrogens is 280 g/mol. The fourth-order valence-corrected chi connectivity index (χ4v) is 2.35. The molecular formula is C17H16N2O3. The second kappa shape index (κ2) is 5.89. The van der Waals surface area contributed by atoms with E-state index in [1.165, 1.54) is 0 Å². The topological polar surface area (TPSA) is 67.4 Å². The van der Waals surface area contributed by atoms with Gasteiger partial charge in [0.25, 0.3) is 5.91 Å². The summed E-state index contributed by atoms with van der Waals surface area (Å²) in [5, 5.41) is 5.46. The molecule has 1 atom stereocenters. The second-order valence-electron chi connectivity index (χ2n) is 5.22. The minimum Gasteiger partial charge on any atom is -0.439 e. The quantitative estimate of drug-likeness (QED) is 0.915. The zero-order chi connectivity index (χ0) is 15.5. The normalized spacial score (nSPS) is 16.8. The van der Waals surface area contributed by atoms with Crippen molar-refractivity contribution < 1.29 is 14.3 Å². The van der Waals surface area contributed by atoms with Gasteiger partial charge in [-0.15, -0.1) is 0 Å². The number of hydrogen-bond donors (Lipinski definition) is 2. The van der Waals surface area contributed by atoms with Crippen molar-refractivity contribution in [2.24, 2.45) is 0 Å². The molecule has 5 nitrogen and oxygen atoms in total. The zero-order valence-electron chi connectivity index (χ0n) is 12.1. The van der Waals surface area contributed by atoms with E-state index in [0.717, 1.165) is 11.1 Å². The Labute approximate surface area is 128 Å². The monoisotopic (exact) mass is 296 g/mol. The van der Waals surface area contributed by atoms with Gasteiger partial charge in [-0.2, -0.15) is 0 Å². The minimum atomic E-state index is -0.401. The number of rotatable bonds is 3. The van der Waals surface area contributed by atoms with Crippen LogP contribution in [-0.2, 0) is 4.74 Å². The summed E-state index contributed by atoms with van der Waals surface area (Å²) in [5.41, 5.74) is 3.26. The largest absolute Gasteiger partial charge is 0.439 e. The van der Waals surface area contributed by atoms with Crippen molar-refractivity contribution in [2.75, 3.05) is 11.9 Å². The molecule has 0 radical (unpaired) electrons. The third-order valence-electron chi connectivity index (χ3n) is 3.50. The van der Waals surface area contributed by atoms with Crippen molar-refractivity contribution in [1.82, 2.24) is 5.32 Å². The number of nitrogens with one attached hydrogen (secondary N) is 2. The van der Waals surface area contributed by atoms with E-state index in [1.807, 2.05) is 37.3 Å². The molecule has 2 N–H and O–H groups in total. The van der Waals surface area contributed by atoms with E-state index in [1.54, 1.807) is 18.2 Å². The van der Waals surface area contributed by atoms with Gasteiger partial charge >= 0.3 is 6.09 Å². The van der Waals surface area contributed by atoms with Gasteiger partial charge in [0.15, 0.2) is 0 Å². The lowest BCUT2D eigenvalue weighted by Crippen LogP contribution is -2.13. The number of anilines is 1. The fraction of sp³-hybridized carbons (Fsp3) is 0.176. The number of amides is 2. The van der Waals surface area contributed by atoms with Crippen LogP contribution in [0.3, 0.4) is 0 Å². The molecule has 22 heavy (non-hydrogen) atoms. The van der Waals surface area contributed by atoms with Crippen LogP contribution in [0.4, 0.5) is 10.5 Å². The smallest absolute Gasteiger partial charge is 0.407 e. The summed E-state index contributed by atoms with van der Waals surface area (Å²) in [4.78, 5) is 23.2. The highest BCUT2D eigenvalue weighted by atomic mass is 16.6. The van der Waals surface area contributed by atoms with E-state index < -0.39 is 6.09 Å². The Morgan fingerprint density at radius 3 is 2.64 bits per heavy atom. The van der Waals surface area contributed by atoms with Crippen LogP contribution in [0.15, 0.2) is 48.5 Å². The standard InChI is InChI=1S/C17H16N2O3/c1-11-3-2-4-13(9-11)16(20)19-14-7-5-12(6-8-14)15-10-18-17(21)22-15/h2-9,15H,10H2,1H3,(H,18,21)(H,19,20). The van der Waals surface area contributed by atoms with Crippen LogP contribution in [-0.4, -0.2) is 18.5 Å². The van der Waals surface area contributed by atoms with Gasteiger partial charge in [0.2, 0.25) is 0 Å². The van der Waals surface area contributed by atoms with E-state index >= 15 is 0 Å². The van der Waals surface area contributed by atoms with Crippen molar-refractivity contribution in [3.63, 3.8) is 0 Å². The molecule has 1 heterocycles. The molecule has 112 valence electrons. The summed E-state index contributed by atoms with van der Waals surface area (Å²) in [6, 6.07) is 14.7. The SMILES string of the molecule is Cc1cccc(C(=O)Nc2ccc(C3CNC(=O)O3)cc2)c1. The second-order valence-corrected chi connectivity index (χ2v) is 5.22. The molecule has 1 unspecified atom stereocenters. The maximum atomic E-state index is 12.2. The Morgan fingerprint density at radius 1 is 1.23 bits per heavy atom. The summed E-state index contributed by atoms with van der Waals surface area (Å²) in [5.74, 6) is -0.148. The maximum absolute atomic E-state index is 12.2. The lowest BCUT2D eigenvalue weighted by Gasteiger charge is -2.10. The zero-order valence-corrected chi connectivity index (χ0v) is 12.1. The predicted octanol–water partition coefficient (Wildman–Crippen LogP) is 3.03. The van der Waals surface area contributed by atoms with Gasteiger partial charge in [0.05, 0.1) is 6.54 Å². The van der Waals surface area contributed by atoms with Crippen LogP contribution in [0, 0.1) is 6.92 Å². The van der Waals surface area contributed by atoms with Gasteiger partial charge in [0, 0.05) is 11.3 Å². The van der Waals surface area contributed by atoms with Crippen LogP contribution in [0.5, 0.6) is 0 Å². The third-order valence-corrected chi connectivity index (χ3v) is 3.50. The first-order valence-electron chi connectivity index (χ1n) is 7.04. The Balaban J connectivity index is 1.68. The first kappa shape index (κ1) is 14.1. The molecule has 1 fully saturated rings. The van der Waals surface area contributed by atoms with E-state index in [4.69, 9.17) is 4.74 Å². The third kappa shape index (κ3) is 3.09. The van der Waals surface area contributed by atoms with E-state index in [9.17, 15) is 9.59 Å². The number of carbonyl (C=O) groups excluding carboxylic acids is 2. The van der Waals surface area contributed by atoms with Crippen LogP contribution in [0.1, 0.15) is 27.6 Å². The van der Waals surface area contributed by atoms with Crippen LogP contribution in [0.25, 0.3) is 0 Å². The molecule has 2 aromatic carbocycles. The van der Waals surface area contributed by atoms with Crippen molar-refractivity contribution >= 4 is 17.7 Å². The lowest BCUT2D eigenvalue weighted by atomic mass is 10.1. The summed E-state index contributed by atoms with van der Waals surface area (Å²) in [7, 11) is 0. The van der Waals surface area contributed by atoms with Gasteiger partial charge in [-0.3, -0.25) is 4.79 Å². The van der Waals surface area contributed by atoms with Crippen molar-refractivity contribution in [3.05, 3.63) is 65.2 Å². The van der Waals surface area contributed by atoms with Gasteiger partial charge < -0.3 is 15.4 Å². The van der Waals surface area contributed by atoms with Crippen LogP contribution < -0.4 is 10.6 Å². The molecule has 3 rings (SSSR count). The fourth-order valence-electron chi connectivity index (χ4n) is 2.35. The highest BCUT2D eigenvalue weighted by Crippen LogP contribution is 2.22. The molecule has 0 aromatic heterocycles. The van der Waals surface area contributed by atoms with Gasteiger partial charge in [-0.25, -0.2) is 4.79 Å². The summed E-state index contributed by atoms with van der Waals surface area (Å²) in [6.07, 6.45) is -0.671. The van der Waals surface area contributed by atoms with E-state index in [-0.39, 0.29) is 12.0 Å². The van der Waals surface area contributed by atoms with Crippen molar-refractivity contribution in [1.29, 1.82) is 0 Å². The Hall–Kier alpha value is -2.82. The van der Waals surface area contributed by atoms with E-state index in [2.05, 4.69) is 10.6 Å². The van der Waals surface area contributed by atoms with Crippen LogP contribution in [0.2, 0.25) is 0 Å². The number of benzene rings is 2. The molecule has 1 aliphatic heterocycles. The molecule has 0 spiro atoms. The molecule has 1 aliphatic rings. The number of alkyl carbamates (subject to hydrolysis) is 1. The van der Waals surface area contributed by atoms with Gasteiger partial charge in [-0.05, 0) is 36.8 Å². The van der Waals surface area contributed by atoms with E-state index in [0.29, 0.717) is 17.8 Å². The van der Waals surface area contributed by atoms with Crippen molar-refractivity contribution in [3.8, 4) is 0 Å².